The van der Waals surface area contributed by atoms with Crippen molar-refractivity contribution in [1.29, 1.82) is 0 Å². The molecule has 0 N–H and O–H groups in total. The van der Waals surface area contributed by atoms with Crippen LogP contribution in [0.2, 0.25) is 0 Å². The van der Waals surface area contributed by atoms with E-state index in [1.807, 2.05) is 66.8 Å². The van der Waals surface area contributed by atoms with Gasteiger partial charge in [0.2, 0.25) is 0 Å². The Morgan fingerprint density at radius 2 is 1.50 bits per heavy atom. The van der Waals surface area contributed by atoms with Gasteiger partial charge in [0, 0.05) is 38.0 Å². The summed E-state index contributed by atoms with van der Waals surface area (Å²) in [5.74, 6) is 0.515. The minimum absolute atomic E-state index is 0.0531. The Kier molecular flexibility index (Phi) is 7.54. The first-order chi connectivity index (χ1) is 18.3. The van der Waals surface area contributed by atoms with Crippen LogP contribution in [0.15, 0.2) is 66.9 Å². The minimum Gasteiger partial charge on any atom is -0.444 e. The molecule has 1 atom stereocenters. The lowest BCUT2D eigenvalue weighted by atomic mass is 9.89. The number of rotatable bonds is 4. The average Bonchev–Trinajstić information content (AvgIpc) is 3.38. The molecule has 2 aromatic carbocycles. The van der Waals surface area contributed by atoms with E-state index < -0.39 is 5.60 Å². The first kappa shape index (κ1) is 26.0. The number of para-hydroxylation sites is 1. The topological polar surface area (TPSA) is 67.7 Å². The van der Waals surface area contributed by atoms with Crippen LogP contribution in [-0.2, 0) is 4.74 Å². The first-order valence-electron chi connectivity index (χ1n) is 13.8. The zero-order valence-corrected chi connectivity index (χ0v) is 22.7. The molecule has 0 spiro atoms. The molecule has 7 heteroatoms. The lowest BCUT2D eigenvalue weighted by molar-refractivity contribution is 0.0203. The molecule has 0 bridgehead atoms. The van der Waals surface area contributed by atoms with Crippen molar-refractivity contribution >= 4 is 12.0 Å². The molecule has 38 heavy (non-hydrogen) atoms. The van der Waals surface area contributed by atoms with Gasteiger partial charge in [0.05, 0.1) is 23.1 Å². The summed E-state index contributed by atoms with van der Waals surface area (Å²) >= 11 is 0. The number of benzene rings is 2. The molecule has 2 aliphatic heterocycles. The Morgan fingerprint density at radius 3 is 2.16 bits per heavy atom. The third-order valence-electron chi connectivity index (χ3n) is 7.55. The van der Waals surface area contributed by atoms with E-state index in [0.717, 1.165) is 50.2 Å². The van der Waals surface area contributed by atoms with E-state index >= 15 is 0 Å². The van der Waals surface area contributed by atoms with E-state index in [1.165, 1.54) is 5.56 Å². The summed E-state index contributed by atoms with van der Waals surface area (Å²) in [7, 11) is 0. The predicted octanol–water partition coefficient (Wildman–Crippen LogP) is 6.01. The van der Waals surface area contributed by atoms with Gasteiger partial charge in [0.25, 0.3) is 5.91 Å². The Hall–Kier alpha value is -3.61. The number of carbonyl (C=O) groups is 2. The van der Waals surface area contributed by atoms with E-state index in [2.05, 4.69) is 24.3 Å². The van der Waals surface area contributed by atoms with Crippen LogP contribution in [0.5, 0.6) is 0 Å². The normalized spacial score (nSPS) is 18.9. The number of likely N-dealkylation sites (tertiary alicyclic amines) is 2. The second-order valence-electron chi connectivity index (χ2n) is 11.4. The molecule has 1 aromatic heterocycles. The van der Waals surface area contributed by atoms with Gasteiger partial charge >= 0.3 is 6.09 Å². The third-order valence-corrected chi connectivity index (χ3v) is 7.55. The zero-order valence-electron chi connectivity index (χ0n) is 22.7. The van der Waals surface area contributed by atoms with Gasteiger partial charge in [-0.3, -0.25) is 4.79 Å². The highest BCUT2D eigenvalue weighted by atomic mass is 16.6. The summed E-state index contributed by atoms with van der Waals surface area (Å²) in [5, 5.41) is 4.72. The molecular weight excluding hydrogens is 476 g/mol. The minimum atomic E-state index is -0.522. The van der Waals surface area contributed by atoms with Gasteiger partial charge in [0.1, 0.15) is 5.60 Å². The zero-order chi connectivity index (χ0) is 26.7. The van der Waals surface area contributed by atoms with Crippen molar-refractivity contribution in [3.63, 3.8) is 0 Å². The van der Waals surface area contributed by atoms with Crippen LogP contribution in [0.1, 0.15) is 79.9 Å². The van der Waals surface area contributed by atoms with Crippen molar-refractivity contribution in [2.45, 2.75) is 63.9 Å². The number of aromatic nitrogens is 2. The Morgan fingerprint density at radius 1 is 0.842 bits per heavy atom. The molecule has 0 radical (unpaired) electrons. The molecule has 0 unspecified atom stereocenters. The first-order valence-corrected chi connectivity index (χ1v) is 13.8. The van der Waals surface area contributed by atoms with E-state index in [0.29, 0.717) is 24.6 Å². The van der Waals surface area contributed by atoms with E-state index in [-0.39, 0.29) is 17.9 Å². The highest BCUT2D eigenvalue weighted by Crippen LogP contribution is 2.34. The highest BCUT2D eigenvalue weighted by molar-refractivity contribution is 5.95. The summed E-state index contributed by atoms with van der Waals surface area (Å²) in [4.78, 5) is 30.4. The molecule has 3 aromatic rings. The van der Waals surface area contributed by atoms with Crippen molar-refractivity contribution in [1.82, 2.24) is 19.6 Å². The Balaban J connectivity index is 1.39. The summed E-state index contributed by atoms with van der Waals surface area (Å²) in [6.45, 7) is 8.32. The lowest BCUT2D eigenvalue weighted by Crippen LogP contribution is -2.42. The van der Waals surface area contributed by atoms with Crippen LogP contribution in [0.3, 0.4) is 0 Å². The van der Waals surface area contributed by atoms with Crippen LogP contribution < -0.4 is 0 Å². The van der Waals surface area contributed by atoms with E-state index in [1.54, 1.807) is 11.1 Å². The molecule has 0 aliphatic carbocycles. The second kappa shape index (κ2) is 11.0. The fraction of sp³-hybridized carbons (Fsp3) is 0.452. The number of carbonyl (C=O) groups excluding carboxylic acids is 2. The van der Waals surface area contributed by atoms with Crippen molar-refractivity contribution in [2.24, 2.45) is 0 Å². The maximum Gasteiger partial charge on any atom is 0.410 e. The molecular formula is C31H38N4O3. The molecule has 3 heterocycles. The SMILES string of the molecule is CC(C)(C)OC(=O)N1CCC(c2c(C(=O)N3CCC[C@H](c4ccccc4)C3)cnn2-c2ccccc2)CC1. The van der Waals surface area contributed by atoms with Gasteiger partial charge in [-0.25, -0.2) is 9.48 Å². The van der Waals surface area contributed by atoms with Crippen molar-refractivity contribution in [3.05, 3.63) is 83.7 Å². The van der Waals surface area contributed by atoms with Gasteiger partial charge in [-0.05, 0) is 64.2 Å². The average molecular weight is 515 g/mol. The Bertz CT molecular complexity index is 1240. The number of piperidine rings is 2. The molecule has 0 saturated carbocycles. The molecule has 2 fully saturated rings. The quantitative estimate of drug-likeness (QED) is 0.428. The van der Waals surface area contributed by atoms with Crippen molar-refractivity contribution in [3.8, 4) is 5.69 Å². The number of hydrogen-bond acceptors (Lipinski definition) is 4. The van der Waals surface area contributed by atoms with Crippen LogP contribution in [0, 0.1) is 0 Å². The predicted molar refractivity (Wildman–Crippen MR) is 148 cm³/mol. The monoisotopic (exact) mass is 514 g/mol. The number of hydrogen-bond donors (Lipinski definition) is 0. The second-order valence-corrected chi connectivity index (χ2v) is 11.4. The maximum absolute atomic E-state index is 14.0. The summed E-state index contributed by atoms with van der Waals surface area (Å²) < 4.78 is 7.52. The molecule has 2 aliphatic rings. The van der Waals surface area contributed by atoms with Crippen LogP contribution in [-0.4, -0.2) is 63.4 Å². The number of nitrogens with zero attached hydrogens (tertiary/aromatic N) is 4. The Labute approximate surface area is 225 Å². The summed E-state index contributed by atoms with van der Waals surface area (Å²) in [5.41, 5.74) is 3.34. The molecule has 7 nitrogen and oxygen atoms in total. The highest BCUT2D eigenvalue weighted by Gasteiger charge is 2.34. The standard InChI is InChI=1S/C31H38N4O3/c1-31(2,3)38-30(37)33-19-16-24(17-20-33)28-27(21-32-35(28)26-14-8-5-9-15-26)29(36)34-18-10-13-25(22-34)23-11-6-4-7-12-23/h4-9,11-12,14-15,21,24-25H,10,13,16-20,22H2,1-3H3/t25-/m0/s1. The maximum atomic E-state index is 14.0. The van der Waals surface area contributed by atoms with E-state index in [4.69, 9.17) is 9.84 Å². The fourth-order valence-electron chi connectivity index (χ4n) is 5.68. The van der Waals surface area contributed by atoms with Crippen LogP contribution in [0.4, 0.5) is 4.79 Å². The molecule has 200 valence electrons. The smallest absolute Gasteiger partial charge is 0.410 e. The third kappa shape index (κ3) is 5.77. The van der Waals surface area contributed by atoms with Gasteiger partial charge in [-0.1, -0.05) is 48.5 Å². The largest absolute Gasteiger partial charge is 0.444 e. The van der Waals surface area contributed by atoms with Crippen molar-refractivity contribution < 1.29 is 14.3 Å². The molecule has 2 saturated heterocycles. The summed E-state index contributed by atoms with van der Waals surface area (Å²) in [6.07, 6.45) is 5.06. The molecule has 5 rings (SSSR count). The van der Waals surface area contributed by atoms with Crippen molar-refractivity contribution in [2.75, 3.05) is 26.2 Å². The van der Waals surface area contributed by atoms with Gasteiger partial charge in [-0.2, -0.15) is 5.10 Å². The van der Waals surface area contributed by atoms with Gasteiger partial charge in [-0.15, -0.1) is 0 Å². The number of amides is 2. The van der Waals surface area contributed by atoms with Gasteiger partial charge < -0.3 is 14.5 Å². The number of ether oxygens (including phenoxy) is 1. The lowest BCUT2D eigenvalue weighted by Gasteiger charge is -2.35. The van der Waals surface area contributed by atoms with E-state index in [9.17, 15) is 9.59 Å². The van der Waals surface area contributed by atoms with Crippen LogP contribution in [0.25, 0.3) is 5.69 Å². The molecule has 2 amide bonds. The van der Waals surface area contributed by atoms with Crippen LogP contribution >= 0.6 is 0 Å². The summed E-state index contributed by atoms with van der Waals surface area (Å²) in [6, 6.07) is 20.5. The fourth-order valence-corrected chi connectivity index (χ4v) is 5.68. The van der Waals surface area contributed by atoms with Gasteiger partial charge in [0.15, 0.2) is 0 Å².